The largest absolute Gasteiger partial charge is 0.420 e. The normalized spacial score (nSPS) is 18.6. The van der Waals surface area contributed by atoms with Crippen molar-refractivity contribution in [2.24, 2.45) is 5.41 Å². The van der Waals surface area contributed by atoms with Crippen LogP contribution in [0.3, 0.4) is 0 Å². The third kappa shape index (κ3) is 2.50. The Morgan fingerprint density at radius 1 is 1.00 bits per heavy atom. The third-order valence-electron chi connectivity index (χ3n) is 3.57. The topological polar surface area (TPSA) is 52.6 Å². The summed E-state index contributed by atoms with van der Waals surface area (Å²) in [5.74, 6) is -1.14. The summed E-state index contributed by atoms with van der Waals surface area (Å²) in [6, 6.07) is 4.63. The van der Waals surface area contributed by atoms with Gasteiger partial charge in [-0.05, 0) is 31.0 Å². The van der Waals surface area contributed by atoms with Crippen LogP contribution in [-0.4, -0.2) is 11.9 Å². The maximum Gasteiger partial charge on any atom is 0.326 e. The second-order valence-corrected chi connectivity index (χ2v) is 5.51. The average Bonchev–Trinajstić information content (AvgIpc) is 2.38. The van der Waals surface area contributed by atoms with E-state index in [0.29, 0.717) is 28.5 Å². The molecule has 0 atom stereocenters. The fourth-order valence-electron chi connectivity index (χ4n) is 2.20. The van der Waals surface area contributed by atoms with Crippen LogP contribution in [0.25, 0.3) is 0 Å². The number of hydrogen-bond donors (Lipinski definition) is 0. The van der Waals surface area contributed by atoms with E-state index < -0.39 is 23.6 Å². The van der Waals surface area contributed by atoms with Gasteiger partial charge in [-0.15, -0.1) is 0 Å². The summed E-state index contributed by atoms with van der Waals surface area (Å²) in [4.78, 5) is 24.3. The first-order valence-electron chi connectivity index (χ1n) is 6.31. The van der Waals surface area contributed by atoms with Crippen LogP contribution in [-0.2, 0) is 19.1 Å². The molecule has 1 aliphatic heterocycles. The molecule has 20 heavy (non-hydrogen) atoms. The number of carbonyl (C=O) groups excluding carboxylic acids is 2. The molecule has 1 aromatic rings. The summed E-state index contributed by atoms with van der Waals surface area (Å²) >= 11 is 11.8. The van der Waals surface area contributed by atoms with Crippen LogP contribution < -0.4 is 0 Å². The van der Waals surface area contributed by atoms with Gasteiger partial charge in [0.05, 0.1) is 0 Å². The van der Waals surface area contributed by atoms with Gasteiger partial charge in [-0.25, -0.2) is 0 Å². The molecule has 0 radical (unpaired) electrons. The predicted molar refractivity (Wildman–Crippen MR) is 74.4 cm³/mol. The number of carbonyl (C=O) groups is 2. The van der Waals surface area contributed by atoms with E-state index in [1.54, 1.807) is 32.0 Å². The zero-order valence-electron chi connectivity index (χ0n) is 11.1. The van der Waals surface area contributed by atoms with Gasteiger partial charge in [0.25, 0.3) is 6.29 Å². The Bertz CT molecular complexity index is 512. The Morgan fingerprint density at radius 2 is 1.45 bits per heavy atom. The molecule has 2 rings (SSSR count). The predicted octanol–water partition coefficient (Wildman–Crippen LogP) is 3.90. The molecule has 1 heterocycles. The lowest BCUT2D eigenvalue weighted by Crippen LogP contribution is -2.46. The van der Waals surface area contributed by atoms with E-state index in [2.05, 4.69) is 0 Å². The van der Waals surface area contributed by atoms with Crippen molar-refractivity contribution in [2.75, 3.05) is 0 Å². The molecule has 0 saturated carbocycles. The van der Waals surface area contributed by atoms with Crippen molar-refractivity contribution in [1.82, 2.24) is 0 Å². The maximum absolute atomic E-state index is 12.2. The van der Waals surface area contributed by atoms with E-state index >= 15 is 0 Å². The minimum atomic E-state index is -1.21. The molecule has 0 spiro atoms. The van der Waals surface area contributed by atoms with Crippen molar-refractivity contribution in [3.8, 4) is 0 Å². The first-order valence-corrected chi connectivity index (χ1v) is 7.06. The number of benzene rings is 1. The summed E-state index contributed by atoms with van der Waals surface area (Å²) in [6.45, 7) is 3.51. The van der Waals surface area contributed by atoms with Crippen LogP contribution in [0.15, 0.2) is 18.2 Å². The Balaban J connectivity index is 2.31. The van der Waals surface area contributed by atoms with Gasteiger partial charge in [-0.2, -0.15) is 0 Å². The second-order valence-electron chi connectivity index (χ2n) is 4.63. The SMILES string of the molecule is CCC1(CC)C(=O)OC(c2cc(Cl)cc(Cl)c2)OC1=O. The first kappa shape index (κ1) is 15.1. The monoisotopic (exact) mass is 316 g/mol. The van der Waals surface area contributed by atoms with Gasteiger partial charge in [0.2, 0.25) is 0 Å². The van der Waals surface area contributed by atoms with Crippen molar-refractivity contribution >= 4 is 35.1 Å². The molecule has 1 saturated heterocycles. The van der Waals surface area contributed by atoms with Gasteiger partial charge in [0.15, 0.2) is 5.41 Å². The lowest BCUT2D eigenvalue weighted by Gasteiger charge is -2.35. The standard InChI is InChI=1S/C14H14Cl2O4/c1-3-14(4-2)12(17)19-11(20-13(14)18)8-5-9(15)7-10(16)6-8/h5-7,11H,3-4H2,1-2H3. The van der Waals surface area contributed by atoms with Gasteiger partial charge < -0.3 is 9.47 Å². The lowest BCUT2D eigenvalue weighted by molar-refractivity contribution is -0.226. The van der Waals surface area contributed by atoms with E-state index in [1.165, 1.54) is 0 Å². The highest BCUT2D eigenvalue weighted by Gasteiger charge is 2.51. The van der Waals surface area contributed by atoms with Gasteiger partial charge in [0, 0.05) is 15.6 Å². The zero-order valence-corrected chi connectivity index (χ0v) is 12.6. The van der Waals surface area contributed by atoms with Gasteiger partial charge in [-0.1, -0.05) is 37.0 Å². The van der Waals surface area contributed by atoms with Crippen molar-refractivity contribution in [3.05, 3.63) is 33.8 Å². The molecule has 1 aromatic carbocycles. The van der Waals surface area contributed by atoms with Gasteiger partial charge >= 0.3 is 11.9 Å². The molecule has 0 unspecified atom stereocenters. The number of hydrogen-bond acceptors (Lipinski definition) is 4. The number of ether oxygens (including phenoxy) is 2. The minimum Gasteiger partial charge on any atom is -0.420 e. The van der Waals surface area contributed by atoms with E-state index in [1.807, 2.05) is 0 Å². The van der Waals surface area contributed by atoms with Crippen molar-refractivity contribution in [2.45, 2.75) is 33.0 Å². The summed E-state index contributed by atoms with van der Waals surface area (Å²) < 4.78 is 10.5. The average molecular weight is 317 g/mol. The molecule has 0 aromatic heterocycles. The van der Waals surface area contributed by atoms with Crippen molar-refractivity contribution in [3.63, 3.8) is 0 Å². The minimum absolute atomic E-state index is 0.337. The van der Waals surface area contributed by atoms with Crippen LogP contribution in [0.1, 0.15) is 38.5 Å². The molecule has 0 amide bonds. The molecule has 0 N–H and O–H groups in total. The number of esters is 2. The molecule has 1 fully saturated rings. The number of halogens is 2. The smallest absolute Gasteiger partial charge is 0.326 e. The third-order valence-corrected chi connectivity index (χ3v) is 4.01. The van der Waals surface area contributed by atoms with Crippen LogP contribution in [0.5, 0.6) is 0 Å². The van der Waals surface area contributed by atoms with Crippen LogP contribution >= 0.6 is 23.2 Å². The molecule has 108 valence electrons. The second kappa shape index (κ2) is 5.62. The van der Waals surface area contributed by atoms with Crippen molar-refractivity contribution in [1.29, 1.82) is 0 Å². The first-order chi connectivity index (χ1) is 9.42. The van der Waals surface area contributed by atoms with Crippen LogP contribution in [0, 0.1) is 5.41 Å². The van der Waals surface area contributed by atoms with Crippen LogP contribution in [0.2, 0.25) is 10.0 Å². The fraction of sp³-hybridized carbons (Fsp3) is 0.429. The number of rotatable bonds is 3. The summed E-state index contributed by atoms with van der Waals surface area (Å²) in [7, 11) is 0. The van der Waals surface area contributed by atoms with Crippen molar-refractivity contribution < 1.29 is 19.1 Å². The van der Waals surface area contributed by atoms with E-state index in [4.69, 9.17) is 32.7 Å². The Hall–Kier alpha value is -1.26. The van der Waals surface area contributed by atoms with Gasteiger partial charge in [0.1, 0.15) is 0 Å². The Morgan fingerprint density at radius 3 is 1.85 bits per heavy atom. The highest BCUT2D eigenvalue weighted by molar-refractivity contribution is 6.34. The molecule has 1 aliphatic rings. The Kier molecular flexibility index (Phi) is 4.25. The van der Waals surface area contributed by atoms with E-state index in [-0.39, 0.29) is 0 Å². The summed E-state index contributed by atoms with van der Waals surface area (Å²) in [6.07, 6.45) is -0.425. The highest BCUT2D eigenvalue weighted by atomic mass is 35.5. The molecular formula is C14H14Cl2O4. The maximum atomic E-state index is 12.2. The van der Waals surface area contributed by atoms with E-state index in [0.717, 1.165) is 0 Å². The van der Waals surface area contributed by atoms with E-state index in [9.17, 15) is 9.59 Å². The summed E-state index contributed by atoms with van der Waals surface area (Å²) in [5, 5.41) is 0.754. The molecule has 6 heteroatoms. The number of cyclic esters (lactones) is 2. The Labute approximate surface area is 127 Å². The summed E-state index contributed by atoms with van der Waals surface area (Å²) in [5.41, 5.74) is -0.774. The lowest BCUT2D eigenvalue weighted by atomic mass is 9.82. The van der Waals surface area contributed by atoms with Crippen LogP contribution in [0.4, 0.5) is 0 Å². The van der Waals surface area contributed by atoms with Gasteiger partial charge in [-0.3, -0.25) is 9.59 Å². The molecule has 0 bridgehead atoms. The molecular weight excluding hydrogens is 303 g/mol. The quantitative estimate of drug-likeness (QED) is 0.627. The molecule has 0 aliphatic carbocycles. The zero-order chi connectivity index (χ0) is 14.9. The fourth-order valence-corrected chi connectivity index (χ4v) is 2.75. The highest BCUT2D eigenvalue weighted by Crippen LogP contribution is 2.39. The molecule has 4 nitrogen and oxygen atoms in total.